The summed E-state index contributed by atoms with van der Waals surface area (Å²) in [6.07, 6.45) is 8.94. The van der Waals surface area contributed by atoms with Crippen LogP contribution in [0.5, 0.6) is 5.75 Å². The van der Waals surface area contributed by atoms with Crippen LogP contribution in [-0.4, -0.2) is 33.3 Å². The average Bonchev–Trinajstić information content (AvgIpc) is 2.65. The predicted molar refractivity (Wildman–Crippen MR) is 97.0 cm³/mol. The molecule has 5 heteroatoms. The number of aryl methyl sites for hydroxylation is 1. The number of carbonyl (C=O) groups is 2. The fraction of sp³-hybridized carbons (Fsp3) is 0.600. The van der Waals surface area contributed by atoms with Crippen LogP contribution < -0.4 is 4.74 Å². The lowest BCUT2D eigenvalue weighted by atomic mass is 9.99. The van der Waals surface area contributed by atoms with Crippen molar-refractivity contribution in [2.24, 2.45) is 0 Å². The van der Waals surface area contributed by atoms with Gasteiger partial charge in [-0.25, -0.2) is 4.79 Å². The summed E-state index contributed by atoms with van der Waals surface area (Å²) < 4.78 is 14.8. The number of ether oxygens (including phenoxy) is 3. The second-order valence-electron chi connectivity index (χ2n) is 6.04. The second-order valence-corrected chi connectivity index (χ2v) is 6.04. The van der Waals surface area contributed by atoms with Crippen LogP contribution in [0, 0.1) is 0 Å². The summed E-state index contributed by atoms with van der Waals surface area (Å²) in [5.74, 6) is 0.0905. The van der Waals surface area contributed by atoms with Crippen LogP contribution in [0.25, 0.3) is 0 Å². The van der Waals surface area contributed by atoms with Crippen LogP contribution in [0.15, 0.2) is 18.2 Å². The fourth-order valence-corrected chi connectivity index (χ4v) is 2.86. The number of rotatable bonds is 12. The van der Waals surface area contributed by atoms with E-state index < -0.39 is 0 Å². The molecule has 0 bridgehead atoms. The summed E-state index contributed by atoms with van der Waals surface area (Å²) >= 11 is 0. The molecule has 0 heterocycles. The lowest BCUT2D eigenvalue weighted by Gasteiger charge is -2.12. The topological polar surface area (TPSA) is 61.8 Å². The zero-order valence-corrected chi connectivity index (χ0v) is 15.6. The summed E-state index contributed by atoms with van der Waals surface area (Å²) in [6.45, 7) is 0. The van der Waals surface area contributed by atoms with Gasteiger partial charge in [0.1, 0.15) is 11.3 Å². The highest BCUT2D eigenvalue weighted by molar-refractivity contribution is 5.94. The molecular formula is C20H30O5. The Hall–Kier alpha value is -2.04. The Kier molecular flexibility index (Phi) is 10.4. The van der Waals surface area contributed by atoms with E-state index in [1.807, 2.05) is 12.1 Å². The minimum absolute atomic E-state index is 0.125. The first-order valence-corrected chi connectivity index (χ1v) is 8.95. The van der Waals surface area contributed by atoms with Gasteiger partial charge in [-0.2, -0.15) is 0 Å². The normalized spacial score (nSPS) is 10.4. The molecule has 140 valence electrons. The Labute approximate surface area is 150 Å². The van der Waals surface area contributed by atoms with Gasteiger partial charge in [0.05, 0.1) is 21.3 Å². The van der Waals surface area contributed by atoms with Crippen LogP contribution in [0.3, 0.4) is 0 Å². The molecule has 0 aliphatic rings. The molecule has 0 aromatic heterocycles. The molecule has 0 spiro atoms. The van der Waals surface area contributed by atoms with Gasteiger partial charge >= 0.3 is 11.9 Å². The van der Waals surface area contributed by atoms with Crippen molar-refractivity contribution in [1.29, 1.82) is 0 Å². The molecule has 0 fully saturated rings. The molecular weight excluding hydrogens is 320 g/mol. The number of methoxy groups -OCH3 is 3. The first kappa shape index (κ1) is 21.0. The maximum absolute atomic E-state index is 12.0. The van der Waals surface area contributed by atoms with E-state index in [4.69, 9.17) is 9.47 Å². The highest BCUT2D eigenvalue weighted by Gasteiger charge is 2.17. The molecule has 0 radical (unpaired) electrons. The molecule has 5 nitrogen and oxygen atoms in total. The van der Waals surface area contributed by atoms with Gasteiger partial charge < -0.3 is 14.2 Å². The average molecular weight is 350 g/mol. The number of unbranched alkanes of at least 4 members (excludes halogenated alkanes) is 6. The third-order valence-corrected chi connectivity index (χ3v) is 4.28. The fourth-order valence-electron chi connectivity index (χ4n) is 2.86. The van der Waals surface area contributed by atoms with Gasteiger partial charge in [-0.3, -0.25) is 4.79 Å². The van der Waals surface area contributed by atoms with Crippen LogP contribution in [-0.2, 0) is 20.7 Å². The molecule has 0 amide bonds. The predicted octanol–water partition coefficient (Wildman–Crippen LogP) is 4.32. The molecule has 1 aromatic carbocycles. The van der Waals surface area contributed by atoms with Gasteiger partial charge in [-0.15, -0.1) is 0 Å². The summed E-state index contributed by atoms with van der Waals surface area (Å²) in [7, 11) is 4.38. The van der Waals surface area contributed by atoms with E-state index in [-0.39, 0.29) is 11.9 Å². The minimum Gasteiger partial charge on any atom is -0.496 e. The van der Waals surface area contributed by atoms with E-state index in [2.05, 4.69) is 4.74 Å². The van der Waals surface area contributed by atoms with E-state index in [9.17, 15) is 9.59 Å². The van der Waals surface area contributed by atoms with Gasteiger partial charge in [-0.05, 0) is 30.9 Å². The SMILES string of the molecule is COC(=O)CCCCCCCCCc1cccc(OC)c1C(=O)OC. The monoisotopic (exact) mass is 350 g/mol. The summed E-state index contributed by atoms with van der Waals surface area (Å²) in [6, 6.07) is 5.65. The minimum atomic E-state index is -0.349. The van der Waals surface area contributed by atoms with E-state index in [1.54, 1.807) is 13.2 Å². The molecule has 0 atom stereocenters. The van der Waals surface area contributed by atoms with E-state index in [1.165, 1.54) is 20.6 Å². The third kappa shape index (κ3) is 7.59. The molecule has 0 aliphatic heterocycles. The molecule has 1 rings (SSSR count). The largest absolute Gasteiger partial charge is 0.496 e. The molecule has 0 saturated carbocycles. The van der Waals surface area contributed by atoms with Crippen LogP contribution in [0.2, 0.25) is 0 Å². The number of esters is 2. The van der Waals surface area contributed by atoms with Crippen LogP contribution >= 0.6 is 0 Å². The molecule has 0 N–H and O–H groups in total. The lowest BCUT2D eigenvalue weighted by molar-refractivity contribution is -0.140. The number of hydrogen-bond acceptors (Lipinski definition) is 5. The van der Waals surface area contributed by atoms with Gasteiger partial charge in [0.25, 0.3) is 0 Å². The third-order valence-electron chi connectivity index (χ3n) is 4.28. The summed E-state index contributed by atoms with van der Waals surface area (Å²) in [4.78, 5) is 23.0. The Morgan fingerprint density at radius 1 is 0.840 bits per heavy atom. The molecule has 0 saturated heterocycles. The van der Waals surface area contributed by atoms with Gasteiger partial charge in [0, 0.05) is 6.42 Å². The molecule has 0 unspecified atom stereocenters. The van der Waals surface area contributed by atoms with Crippen LogP contribution in [0.4, 0.5) is 0 Å². The van der Waals surface area contributed by atoms with Crippen molar-refractivity contribution >= 4 is 11.9 Å². The Balaban J connectivity index is 2.28. The van der Waals surface area contributed by atoms with Crippen LogP contribution in [0.1, 0.15) is 67.3 Å². The number of carbonyl (C=O) groups excluding carboxylic acids is 2. The van der Waals surface area contributed by atoms with Gasteiger partial charge in [0.2, 0.25) is 0 Å². The van der Waals surface area contributed by atoms with Crippen molar-refractivity contribution in [3.63, 3.8) is 0 Å². The van der Waals surface area contributed by atoms with Gasteiger partial charge in [-0.1, -0.05) is 44.2 Å². The molecule has 0 aliphatic carbocycles. The van der Waals surface area contributed by atoms with E-state index in [0.29, 0.717) is 17.7 Å². The summed E-state index contributed by atoms with van der Waals surface area (Å²) in [5, 5.41) is 0. The highest BCUT2D eigenvalue weighted by atomic mass is 16.5. The molecule has 25 heavy (non-hydrogen) atoms. The molecule has 1 aromatic rings. The van der Waals surface area contributed by atoms with Crippen molar-refractivity contribution in [3.05, 3.63) is 29.3 Å². The van der Waals surface area contributed by atoms with Crippen molar-refractivity contribution in [1.82, 2.24) is 0 Å². The Morgan fingerprint density at radius 3 is 2.08 bits per heavy atom. The Bertz CT molecular complexity index is 539. The van der Waals surface area contributed by atoms with Crippen molar-refractivity contribution < 1.29 is 23.8 Å². The van der Waals surface area contributed by atoms with Crippen molar-refractivity contribution in [2.45, 2.75) is 57.8 Å². The zero-order valence-electron chi connectivity index (χ0n) is 15.6. The first-order chi connectivity index (χ1) is 12.1. The quantitative estimate of drug-likeness (QED) is 0.415. The standard InChI is InChI=1S/C20H30O5/c1-23-17-14-11-13-16(19(17)20(22)25-3)12-9-7-5-4-6-8-10-15-18(21)24-2/h11,13-14H,4-10,12,15H2,1-3H3. The maximum atomic E-state index is 12.0. The lowest BCUT2D eigenvalue weighted by Crippen LogP contribution is -2.08. The smallest absolute Gasteiger partial charge is 0.341 e. The number of benzene rings is 1. The van der Waals surface area contributed by atoms with E-state index >= 15 is 0 Å². The highest BCUT2D eigenvalue weighted by Crippen LogP contribution is 2.25. The van der Waals surface area contributed by atoms with Gasteiger partial charge in [0.15, 0.2) is 0 Å². The maximum Gasteiger partial charge on any atom is 0.341 e. The number of hydrogen-bond donors (Lipinski definition) is 0. The zero-order chi connectivity index (χ0) is 18.5. The van der Waals surface area contributed by atoms with Crippen molar-refractivity contribution in [2.75, 3.05) is 21.3 Å². The Morgan fingerprint density at radius 2 is 1.48 bits per heavy atom. The van der Waals surface area contributed by atoms with Crippen molar-refractivity contribution in [3.8, 4) is 5.75 Å². The van der Waals surface area contributed by atoms with E-state index in [0.717, 1.165) is 50.5 Å². The first-order valence-electron chi connectivity index (χ1n) is 8.95. The second kappa shape index (κ2) is 12.3. The summed E-state index contributed by atoms with van der Waals surface area (Å²) in [5.41, 5.74) is 1.51.